The molecule has 2 aromatic carbocycles. The lowest BCUT2D eigenvalue weighted by atomic mass is 9.86. The molecular formula is C30H40ClN5O4. The number of rotatable bonds is 11. The Morgan fingerprint density at radius 2 is 1.65 bits per heavy atom. The zero-order valence-corrected chi connectivity index (χ0v) is 24.2. The number of ether oxygens (including phenoxy) is 1. The SMILES string of the molecule is COC(=O)NC(C(=O)NN(Cc1ccc(-c2ccccn2)cc1)C[C@H](O)[C@@H](N)Cc1ccccc1)C(C)(C)C.Cl. The van der Waals surface area contributed by atoms with Gasteiger partial charge >= 0.3 is 6.09 Å². The number of aliphatic hydroxyl groups excluding tert-OH is 1. The summed E-state index contributed by atoms with van der Waals surface area (Å²) in [6, 6.07) is 21.8. The molecule has 2 amide bonds. The second-order valence-electron chi connectivity index (χ2n) is 10.6. The van der Waals surface area contributed by atoms with Gasteiger partial charge in [0.25, 0.3) is 5.91 Å². The molecule has 40 heavy (non-hydrogen) atoms. The van der Waals surface area contributed by atoms with Crippen molar-refractivity contribution < 1.29 is 19.4 Å². The van der Waals surface area contributed by atoms with Crippen LogP contribution in [0.25, 0.3) is 11.3 Å². The van der Waals surface area contributed by atoms with E-state index in [2.05, 4.69) is 15.7 Å². The molecule has 3 rings (SSSR count). The van der Waals surface area contributed by atoms with Gasteiger partial charge in [-0.15, -0.1) is 12.4 Å². The predicted molar refractivity (Wildman–Crippen MR) is 158 cm³/mol. The van der Waals surface area contributed by atoms with Gasteiger partial charge in [0, 0.05) is 30.9 Å². The fourth-order valence-corrected chi connectivity index (χ4v) is 4.14. The normalized spacial score (nSPS) is 13.5. The minimum atomic E-state index is -0.931. The Balaban J connectivity index is 0.00000560. The molecule has 3 aromatic rings. The highest BCUT2D eigenvalue weighted by Crippen LogP contribution is 2.21. The fraction of sp³-hybridized carbons (Fsp3) is 0.367. The number of nitrogens with zero attached hydrogens (tertiary/aromatic N) is 2. The number of carbonyl (C=O) groups is 2. The van der Waals surface area contributed by atoms with Gasteiger partial charge in [0.1, 0.15) is 6.04 Å². The van der Waals surface area contributed by atoms with Crippen LogP contribution in [0.4, 0.5) is 4.79 Å². The van der Waals surface area contributed by atoms with Crippen LogP contribution in [-0.4, -0.2) is 58.9 Å². The first-order chi connectivity index (χ1) is 18.6. The molecule has 1 aromatic heterocycles. The third-order valence-electron chi connectivity index (χ3n) is 6.35. The minimum absolute atomic E-state index is 0. The van der Waals surface area contributed by atoms with Gasteiger partial charge in [-0.25, -0.2) is 9.80 Å². The van der Waals surface area contributed by atoms with Gasteiger partial charge in [0.05, 0.1) is 18.9 Å². The summed E-state index contributed by atoms with van der Waals surface area (Å²) < 4.78 is 4.72. The van der Waals surface area contributed by atoms with Crippen molar-refractivity contribution in [2.24, 2.45) is 11.1 Å². The number of alkyl carbamates (subject to hydrolysis) is 1. The van der Waals surface area contributed by atoms with Gasteiger partial charge < -0.3 is 20.9 Å². The second kappa shape index (κ2) is 15.3. The number of nitrogens with one attached hydrogen (secondary N) is 2. The molecule has 9 nitrogen and oxygen atoms in total. The van der Waals surface area contributed by atoms with Gasteiger partial charge in [-0.1, -0.05) is 81.4 Å². The molecular weight excluding hydrogens is 530 g/mol. The fourth-order valence-electron chi connectivity index (χ4n) is 4.14. The summed E-state index contributed by atoms with van der Waals surface area (Å²) in [6.07, 6.45) is 0.595. The highest BCUT2D eigenvalue weighted by Gasteiger charge is 2.34. The number of methoxy groups -OCH3 is 1. The van der Waals surface area contributed by atoms with Gasteiger partial charge in [0.15, 0.2) is 0 Å². The monoisotopic (exact) mass is 569 g/mol. The molecule has 3 atom stereocenters. The number of hydrogen-bond donors (Lipinski definition) is 4. The number of nitrogens with two attached hydrogens (primary N) is 1. The van der Waals surface area contributed by atoms with E-state index in [0.29, 0.717) is 13.0 Å². The molecule has 5 N–H and O–H groups in total. The highest BCUT2D eigenvalue weighted by atomic mass is 35.5. The summed E-state index contributed by atoms with van der Waals surface area (Å²) in [6.45, 7) is 5.92. The number of amides is 2. The minimum Gasteiger partial charge on any atom is -0.453 e. The van der Waals surface area contributed by atoms with Gasteiger partial charge in [-0.05, 0) is 35.1 Å². The highest BCUT2D eigenvalue weighted by molar-refractivity contribution is 5.86. The van der Waals surface area contributed by atoms with Crippen molar-refractivity contribution in [3.8, 4) is 11.3 Å². The van der Waals surface area contributed by atoms with Crippen LogP contribution >= 0.6 is 12.4 Å². The Bertz CT molecular complexity index is 1190. The van der Waals surface area contributed by atoms with Gasteiger partial charge in [-0.2, -0.15) is 0 Å². The first-order valence-corrected chi connectivity index (χ1v) is 12.9. The Hall–Kier alpha value is -3.50. The molecule has 0 aliphatic carbocycles. The zero-order chi connectivity index (χ0) is 28.4. The van der Waals surface area contributed by atoms with Crippen LogP contribution in [0.1, 0.15) is 31.9 Å². The number of pyridine rings is 1. The quantitative estimate of drug-likeness (QED) is 0.259. The zero-order valence-electron chi connectivity index (χ0n) is 23.4. The molecule has 216 valence electrons. The van der Waals surface area contributed by atoms with Gasteiger partial charge in [0.2, 0.25) is 0 Å². The maximum Gasteiger partial charge on any atom is 0.407 e. The third kappa shape index (κ3) is 9.91. The van der Waals surface area contributed by atoms with Crippen LogP contribution in [-0.2, 0) is 22.5 Å². The number of carbonyl (C=O) groups excluding carboxylic acids is 2. The Morgan fingerprint density at radius 1 is 1.00 bits per heavy atom. The van der Waals surface area contributed by atoms with Crippen LogP contribution in [0, 0.1) is 5.41 Å². The van der Waals surface area contributed by atoms with Crippen molar-refractivity contribution in [2.45, 2.75) is 51.9 Å². The molecule has 0 radical (unpaired) electrons. The van der Waals surface area contributed by atoms with Crippen molar-refractivity contribution in [3.63, 3.8) is 0 Å². The molecule has 0 fully saturated rings. The number of aromatic nitrogens is 1. The third-order valence-corrected chi connectivity index (χ3v) is 6.35. The van der Waals surface area contributed by atoms with E-state index in [1.54, 1.807) is 11.2 Å². The van der Waals surface area contributed by atoms with E-state index >= 15 is 0 Å². The number of halogens is 1. The predicted octanol–water partition coefficient (Wildman–Crippen LogP) is 3.71. The van der Waals surface area contributed by atoms with E-state index in [4.69, 9.17) is 10.5 Å². The number of aliphatic hydroxyl groups is 1. The molecule has 0 aliphatic rings. The Morgan fingerprint density at radius 3 is 2.23 bits per heavy atom. The Kier molecular flexibility index (Phi) is 12.5. The maximum absolute atomic E-state index is 13.4. The number of hydrogen-bond acceptors (Lipinski definition) is 7. The summed E-state index contributed by atoms with van der Waals surface area (Å²) in [5.41, 5.74) is 12.4. The number of hydrazine groups is 1. The van der Waals surface area contributed by atoms with E-state index < -0.39 is 35.6 Å². The van der Waals surface area contributed by atoms with Crippen molar-refractivity contribution in [1.82, 2.24) is 20.7 Å². The summed E-state index contributed by atoms with van der Waals surface area (Å²) >= 11 is 0. The molecule has 0 aliphatic heterocycles. The number of benzene rings is 2. The molecule has 0 bridgehead atoms. The first-order valence-electron chi connectivity index (χ1n) is 12.9. The summed E-state index contributed by atoms with van der Waals surface area (Å²) in [4.78, 5) is 29.7. The smallest absolute Gasteiger partial charge is 0.407 e. The van der Waals surface area contributed by atoms with E-state index in [1.165, 1.54) is 7.11 Å². The molecule has 1 unspecified atom stereocenters. The van der Waals surface area contributed by atoms with E-state index in [-0.39, 0.29) is 19.0 Å². The van der Waals surface area contributed by atoms with Crippen LogP contribution in [0.15, 0.2) is 79.0 Å². The first kappa shape index (κ1) is 32.7. The summed E-state index contributed by atoms with van der Waals surface area (Å²) in [5, 5.41) is 15.2. The lowest BCUT2D eigenvalue weighted by Gasteiger charge is -2.34. The lowest BCUT2D eigenvalue weighted by molar-refractivity contribution is -0.131. The molecule has 10 heteroatoms. The van der Waals surface area contributed by atoms with Gasteiger partial charge in [-0.3, -0.25) is 15.2 Å². The van der Waals surface area contributed by atoms with Crippen LogP contribution < -0.4 is 16.5 Å². The van der Waals surface area contributed by atoms with Crippen LogP contribution in [0.3, 0.4) is 0 Å². The average molecular weight is 570 g/mol. The van der Waals surface area contributed by atoms with E-state index in [1.807, 2.05) is 93.6 Å². The maximum atomic E-state index is 13.4. The van der Waals surface area contributed by atoms with Crippen molar-refractivity contribution in [1.29, 1.82) is 0 Å². The lowest BCUT2D eigenvalue weighted by Crippen LogP contribution is -2.58. The van der Waals surface area contributed by atoms with Crippen molar-refractivity contribution in [2.75, 3.05) is 13.7 Å². The summed E-state index contributed by atoms with van der Waals surface area (Å²) in [7, 11) is 1.25. The van der Waals surface area contributed by atoms with E-state index in [9.17, 15) is 14.7 Å². The molecule has 0 saturated carbocycles. The summed E-state index contributed by atoms with van der Waals surface area (Å²) in [5.74, 6) is -0.429. The molecule has 0 spiro atoms. The van der Waals surface area contributed by atoms with Crippen molar-refractivity contribution >= 4 is 24.4 Å². The average Bonchev–Trinajstić information content (AvgIpc) is 2.92. The Labute approximate surface area is 242 Å². The molecule has 1 heterocycles. The van der Waals surface area contributed by atoms with Crippen LogP contribution in [0.2, 0.25) is 0 Å². The topological polar surface area (TPSA) is 130 Å². The largest absolute Gasteiger partial charge is 0.453 e. The molecule has 0 saturated heterocycles. The van der Waals surface area contributed by atoms with E-state index in [0.717, 1.165) is 22.4 Å². The standard InChI is InChI=1S/C30H39N5O4.ClH/c1-30(2,3)27(33-29(38)39-4)28(37)34-35(20-26(36)24(31)18-21-10-6-5-7-11-21)19-22-13-15-23(16-14-22)25-12-8-9-17-32-25;/h5-17,24,26-27,36H,18-20,31H2,1-4H3,(H,33,38)(H,34,37);1H/t24-,26-,27?;/m0./s1. The van der Waals surface area contributed by atoms with Crippen LogP contribution in [0.5, 0.6) is 0 Å². The second-order valence-corrected chi connectivity index (χ2v) is 10.6. The van der Waals surface area contributed by atoms with Crippen molar-refractivity contribution in [3.05, 3.63) is 90.1 Å².